The van der Waals surface area contributed by atoms with Crippen molar-refractivity contribution >= 4 is 34.6 Å². The predicted octanol–water partition coefficient (Wildman–Crippen LogP) is 2.95. The van der Waals surface area contributed by atoms with Gasteiger partial charge in [-0.25, -0.2) is 4.98 Å². The third kappa shape index (κ3) is 3.96. The quantitative estimate of drug-likeness (QED) is 0.881. The highest BCUT2D eigenvalue weighted by Gasteiger charge is 2.26. The number of methoxy groups -OCH3 is 1. The Morgan fingerprint density at radius 2 is 1.96 bits per heavy atom. The van der Waals surface area contributed by atoms with E-state index in [9.17, 15) is 9.90 Å². The van der Waals surface area contributed by atoms with Gasteiger partial charge in [-0.1, -0.05) is 11.6 Å². The fourth-order valence-electron chi connectivity index (χ4n) is 2.39. The maximum absolute atomic E-state index is 12.2. The lowest BCUT2D eigenvalue weighted by Crippen LogP contribution is -2.30. The zero-order chi connectivity index (χ0) is 18.3. The second-order valence-electron chi connectivity index (χ2n) is 7.30. The number of anilines is 1. The van der Waals surface area contributed by atoms with Crippen LogP contribution in [0.25, 0.3) is 11.2 Å². The number of hydrogen-bond donors (Lipinski definition) is 2. The molecule has 0 fully saturated rings. The average molecular weight is 355 g/mol. The van der Waals surface area contributed by atoms with Crippen LogP contribution >= 0.6 is 11.6 Å². The number of aromatic nitrogens is 3. The Morgan fingerprint density at radius 3 is 2.46 bits per heavy atom. The van der Waals surface area contributed by atoms with Crippen LogP contribution in [0.3, 0.4) is 0 Å². The summed E-state index contributed by atoms with van der Waals surface area (Å²) in [5, 5.41) is 12.9. The molecule has 2 heterocycles. The summed E-state index contributed by atoms with van der Waals surface area (Å²) in [6.45, 7) is 9.07. The lowest BCUT2D eigenvalue weighted by molar-refractivity contribution is -0.119. The molecule has 0 radical (unpaired) electrons. The van der Waals surface area contributed by atoms with Gasteiger partial charge >= 0.3 is 0 Å². The van der Waals surface area contributed by atoms with E-state index in [1.165, 1.54) is 7.11 Å². The number of nitrogens with one attached hydrogen (secondary N) is 1. The van der Waals surface area contributed by atoms with Gasteiger partial charge in [0.2, 0.25) is 17.7 Å². The molecule has 8 heteroatoms. The zero-order valence-electron chi connectivity index (χ0n) is 14.8. The van der Waals surface area contributed by atoms with E-state index >= 15 is 0 Å². The van der Waals surface area contributed by atoms with E-state index < -0.39 is 11.1 Å². The minimum atomic E-state index is -1.10. The predicted molar refractivity (Wildman–Crippen MR) is 93.6 cm³/mol. The van der Waals surface area contributed by atoms with Gasteiger partial charge in [0.1, 0.15) is 10.5 Å². The number of pyridine rings is 1. The Bertz CT molecular complexity index is 772. The maximum atomic E-state index is 12.2. The summed E-state index contributed by atoms with van der Waals surface area (Å²) in [6, 6.07) is 1.65. The van der Waals surface area contributed by atoms with E-state index in [0.29, 0.717) is 28.0 Å². The van der Waals surface area contributed by atoms with E-state index in [1.807, 2.05) is 25.3 Å². The highest BCUT2D eigenvalue weighted by molar-refractivity contribution is 6.32. The number of fused-ring (bicyclic) bond motifs is 1. The molecule has 0 aliphatic heterocycles. The normalized spacial score (nSPS) is 12.5. The molecule has 2 N–H and O–H groups in total. The van der Waals surface area contributed by atoms with Gasteiger partial charge in [-0.15, -0.1) is 0 Å². The first kappa shape index (κ1) is 18.5. The lowest BCUT2D eigenvalue weighted by atomic mass is 10.1. The second kappa shape index (κ2) is 6.22. The van der Waals surface area contributed by atoms with Gasteiger partial charge in [0.25, 0.3) is 0 Å². The Labute approximate surface area is 146 Å². The zero-order valence-corrected chi connectivity index (χ0v) is 15.5. The van der Waals surface area contributed by atoms with Crippen molar-refractivity contribution in [2.45, 2.75) is 52.2 Å². The SMILES string of the molecule is COc1nc2c(cc1Cl)nc(NC(=O)CC(C)(C)O)n2C(C)(C)C. The summed E-state index contributed by atoms with van der Waals surface area (Å²) < 4.78 is 6.98. The molecule has 0 saturated heterocycles. The average Bonchev–Trinajstić information content (AvgIpc) is 2.71. The first-order chi connectivity index (χ1) is 10.9. The molecule has 7 nitrogen and oxygen atoms in total. The summed E-state index contributed by atoms with van der Waals surface area (Å²) in [7, 11) is 1.49. The lowest BCUT2D eigenvalue weighted by Gasteiger charge is -2.24. The summed E-state index contributed by atoms with van der Waals surface area (Å²) in [5.74, 6) is 0.314. The molecule has 1 amide bonds. The molecule has 0 aliphatic carbocycles. The number of hydrogen-bond acceptors (Lipinski definition) is 5. The summed E-state index contributed by atoms with van der Waals surface area (Å²) in [5.41, 5.74) is -0.387. The number of rotatable bonds is 4. The van der Waals surface area contributed by atoms with Gasteiger partial charge < -0.3 is 9.84 Å². The standard InChI is InChI=1S/C16H23ClN4O3/c1-15(2,3)21-12-10(7-9(17)13(20-12)24-6)18-14(21)19-11(22)8-16(4,5)23/h7,23H,8H2,1-6H3,(H,18,19,22). The van der Waals surface area contributed by atoms with Gasteiger partial charge in [-0.3, -0.25) is 14.7 Å². The van der Waals surface area contributed by atoms with Crippen molar-refractivity contribution in [2.75, 3.05) is 12.4 Å². The van der Waals surface area contributed by atoms with Crippen LogP contribution < -0.4 is 10.1 Å². The van der Waals surface area contributed by atoms with Crippen LogP contribution in [-0.2, 0) is 10.3 Å². The highest BCUT2D eigenvalue weighted by Crippen LogP contribution is 2.32. The number of halogens is 1. The van der Waals surface area contributed by atoms with Crippen molar-refractivity contribution in [2.24, 2.45) is 0 Å². The monoisotopic (exact) mass is 354 g/mol. The van der Waals surface area contributed by atoms with Crippen LogP contribution in [0.4, 0.5) is 5.95 Å². The number of nitrogens with zero attached hydrogens (tertiary/aromatic N) is 3. The summed E-state index contributed by atoms with van der Waals surface area (Å²) in [6.07, 6.45) is -0.0438. The van der Waals surface area contributed by atoms with E-state index in [1.54, 1.807) is 19.9 Å². The molecular weight excluding hydrogens is 332 g/mol. The number of ether oxygens (including phenoxy) is 1. The summed E-state index contributed by atoms with van der Waals surface area (Å²) >= 11 is 6.11. The molecule has 0 bridgehead atoms. The first-order valence-electron chi connectivity index (χ1n) is 7.58. The molecule has 2 aromatic rings. The van der Waals surface area contributed by atoms with Crippen molar-refractivity contribution in [1.82, 2.24) is 14.5 Å². The van der Waals surface area contributed by atoms with Gasteiger partial charge in [0.05, 0.1) is 19.1 Å². The maximum Gasteiger partial charge on any atom is 0.234 e. The van der Waals surface area contributed by atoms with Crippen molar-refractivity contribution in [3.05, 3.63) is 11.1 Å². The van der Waals surface area contributed by atoms with Gasteiger partial charge in [0.15, 0.2) is 5.65 Å². The number of imidazole rings is 1. The molecule has 2 aromatic heterocycles. The first-order valence-corrected chi connectivity index (χ1v) is 7.96. The number of carbonyl (C=O) groups excluding carboxylic acids is 1. The molecule has 0 unspecified atom stereocenters. The molecule has 0 spiro atoms. The Hall–Kier alpha value is -1.86. The van der Waals surface area contributed by atoms with Gasteiger partial charge in [0, 0.05) is 5.54 Å². The third-order valence-electron chi connectivity index (χ3n) is 3.26. The van der Waals surface area contributed by atoms with Crippen molar-refractivity contribution in [3.63, 3.8) is 0 Å². The van der Waals surface area contributed by atoms with Crippen molar-refractivity contribution in [3.8, 4) is 5.88 Å². The van der Waals surface area contributed by atoms with E-state index in [0.717, 1.165) is 0 Å². The smallest absolute Gasteiger partial charge is 0.234 e. The van der Waals surface area contributed by atoms with E-state index in [-0.39, 0.29) is 12.3 Å². The minimum Gasteiger partial charge on any atom is -0.480 e. The highest BCUT2D eigenvalue weighted by atomic mass is 35.5. The van der Waals surface area contributed by atoms with Gasteiger partial charge in [-0.2, -0.15) is 4.98 Å². The van der Waals surface area contributed by atoms with Crippen LogP contribution in [0.5, 0.6) is 5.88 Å². The molecule has 0 saturated carbocycles. The molecule has 24 heavy (non-hydrogen) atoms. The largest absolute Gasteiger partial charge is 0.480 e. The van der Waals surface area contributed by atoms with E-state index in [4.69, 9.17) is 16.3 Å². The third-order valence-corrected chi connectivity index (χ3v) is 3.53. The van der Waals surface area contributed by atoms with Crippen LogP contribution in [-0.4, -0.2) is 38.3 Å². The Kier molecular flexibility index (Phi) is 4.79. The van der Waals surface area contributed by atoms with Crippen molar-refractivity contribution in [1.29, 1.82) is 0 Å². The van der Waals surface area contributed by atoms with Crippen LogP contribution in [0.1, 0.15) is 41.0 Å². The molecule has 0 atom stereocenters. The minimum absolute atomic E-state index is 0.0438. The number of carbonyl (C=O) groups is 1. The molecular formula is C16H23ClN4O3. The second-order valence-corrected chi connectivity index (χ2v) is 7.71. The van der Waals surface area contributed by atoms with Crippen LogP contribution in [0, 0.1) is 0 Å². The summed E-state index contributed by atoms with van der Waals surface area (Å²) in [4.78, 5) is 21.0. The van der Waals surface area contributed by atoms with Crippen LogP contribution in [0.2, 0.25) is 5.02 Å². The molecule has 0 aliphatic rings. The molecule has 132 valence electrons. The molecule has 0 aromatic carbocycles. The number of amides is 1. The Balaban J connectivity index is 2.55. The topological polar surface area (TPSA) is 89.3 Å². The van der Waals surface area contributed by atoms with Crippen LogP contribution in [0.15, 0.2) is 6.07 Å². The molecule has 2 rings (SSSR count). The Morgan fingerprint density at radius 1 is 1.33 bits per heavy atom. The van der Waals surface area contributed by atoms with Crippen molar-refractivity contribution < 1.29 is 14.6 Å². The van der Waals surface area contributed by atoms with Gasteiger partial charge in [-0.05, 0) is 40.7 Å². The van der Waals surface area contributed by atoms with E-state index in [2.05, 4.69) is 15.3 Å². The fourth-order valence-corrected chi connectivity index (χ4v) is 2.61. The fraction of sp³-hybridized carbons (Fsp3) is 0.562. The number of aliphatic hydroxyl groups is 1.